The van der Waals surface area contributed by atoms with E-state index in [0.29, 0.717) is 6.10 Å². The molecule has 0 saturated carbocycles. The Labute approximate surface area is 101 Å². The van der Waals surface area contributed by atoms with Gasteiger partial charge < -0.3 is 15.0 Å². The molecule has 1 N–H and O–H groups in total. The van der Waals surface area contributed by atoms with Crippen LogP contribution in [0.1, 0.15) is 39.0 Å². The van der Waals surface area contributed by atoms with Crippen LogP contribution in [0, 0.1) is 0 Å². The van der Waals surface area contributed by atoms with Gasteiger partial charge in [-0.25, -0.2) is 0 Å². The SMILES string of the molecule is CCCN(CCCC1CCCO1)CCNC. The van der Waals surface area contributed by atoms with Crippen LogP contribution in [-0.4, -0.2) is 50.8 Å². The fourth-order valence-electron chi connectivity index (χ4n) is 2.34. The van der Waals surface area contributed by atoms with Gasteiger partial charge >= 0.3 is 0 Å². The average Bonchev–Trinajstić information content (AvgIpc) is 2.79. The molecule has 1 atom stereocenters. The Morgan fingerprint density at radius 2 is 2.19 bits per heavy atom. The third kappa shape index (κ3) is 5.83. The zero-order valence-corrected chi connectivity index (χ0v) is 11.0. The van der Waals surface area contributed by atoms with Crippen LogP contribution in [0.25, 0.3) is 0 Å². The van der Waals surface area contributed by atoms with Crippen molar-refractivity contribution >= 4 is 0 Å². The molecule has 3 nitrogen and oxygen atoms in total. The molecule has 0 bridgehead atoms. The van der Waals surface area contributed by atoms with Gasteiger partial charge in [-0.2, -0.15) is 0 Å². The highest BCUT2D eigenvalue weighted by molar-refractivity contribution is 4.66. The Kier molecular flexibility index (Phi) is 7.81. The zero-order chi connectivity index (χ0) is 11.6. The van der Waals surface area contributed by atoms with Gasteiger partial charge in [0.1, 0.15) is 0 Å². The minimum Gasteiger partial charge on any atom is -0.378 e. The summed E-state index contributed by atoms with van der Waals surface area (Å²) in [6, 6.07) is 0. The number of likely N-dealkylation sites (N-methyl/N-ethyl adjacent to an activating group) is 1. The van der Waals surface area contributed by atoms with E-state index in [4.69, 9.17) is 4.74 Å². The monoisotopic (exact) mass is 228 g/mol. The number of rotatable bonds is 9. The summed E-state index contributed by atoms with van der Waals surface area (Å²) in [4.78, 5) is 2.56. The van der Waals surface area contributed by atoms with Crippen molar-refractivity contribution in [1.82, 2.24) is 10.2 Å². The lowest BCUT2D eigenvalue weighted by atomic mass is 10.1. The highest BCUT2D eigenvalue weighted by Crippen LogP contribution is 2.16. The summed E-state index contributed by atoms with van der Waals surface area (Å²) >= 11 is 0. The molecule has 1 heterocycles. The lowest BCUT2D eigenvalue weighted by molar-refractivity contribution is 0.0987. The molecule has 0 aromatic carbocycles. The number of hydrogen-bond donors (Lipinski definition) is 1. The number of ether oxygens (including phenoxy) is 1. The van der Waals surface area contributed by atoms with Crippen LogP contribution in [0.4, 0.5) is 0 Å². The third-order valence-corrected chi connectivity index (χ3v) is 3.24. The summed E-state index contributed by atoms with van der Waals surface area (Å²) in [6.07, 6.45) is 6.90. The highest BCUT2D eigenvalue weighted by Gasteiger charge is 2.15. The molecule has 0 aromatic rings. The van der Waals surface area contributed by atoms with E-state index in [1.54, 1.807) is 0 Å². The van der Waals surface area contributed by atoms with Crippen LogP contribution in [0.2, 0.25) is 0 Å². The molecule has 0 radical (unpaired) electrons. The first-order chi connectivity index (χ1) is 7.86. The van der Waals surface area contributed by atoms with E-state index in [1.807, 2.05) is 7.05 Å². The van der Waals surface area contributed by atoms with Gasteiger partial charge in [0, 0.05) is 19.7 Å². The van der Waals surface area contributed by atoms with Crippen molar-refractivity contribution in [2.75, 3.05) is 39.8 Å². The van der Waals surface area contributed by atoms with Crippen molar-refractivity contribution in [3.8, 4) is 0 Å². The minimum atomic E-state index is 0.563. The molecule has 96 valence electrons. The smallest absolute Gasteiger partial charge is 0.0576 e. The van der Waals surface area contributed by atoms with Gasteiger partial charge in [0.05, 0.1) is 6.10 Å². The quantitative estimate of drug-likeness (QED) is 0.652. The van der Waals surface area contributed by atoms with E-state index in [9.17, 15) is 0 Å². The molecule has 1 unspecified atom stereocenters. The van der Waals surface area contributed by atoms with Crippen molar-refractivity contribution < 1.29 is 4.74 Å². The second-order valence-electron chi connectivity index (χ2n) is 4.72. The molecule has 1 fully saturated rings. The Hall–Kier alpha value is -0.120. The van der Waals surface area contributed by atoms with E-state index in [-0.39, 0.29) is 0 Å². The van der Waals surface area contributed by atoms with Crippen molar-refractivity contribution in [2.45, 2.75) is 45.1 Å². The molecule has 3 heteroatoms. The van der Waals surface area contributed by atoms with E-state index in [0.717, 1.165) is 13.2 Å². The topological polar surface area (TPSA) is 24.5 Å². The second-order valence-corrected chi connectivity index (χ2v) is 4.72. The number of nitrogens with zero attached hydrogens (tertiary/aromatic N) is 1. The molecule has 0 aliphatic carbocycles. The largest absolute Gasteiger partial charge is 0.378 e. The van der Waals surface area contributed by atoms with Crippen molar-refractivity contribution in [3.63, 3.8) is 0 Å². The van der Waals surface area contributed by atoms with Crippen LogP contribution in [0.15, 0.2) is 0 Å². The molecule has 1 aliphatic rings. The zero-order valence-electron chi connectivity index (χ0n) is 11.0. The summed E-state index contributed by atoms with van der Waals surface area (Å²) in [5.41, 5.74) is 0. The maximum atomic E-state index is 5.64. The lowest BCUT2D eigenvalue weighted by Crippen LogP contribution is -2.32. The molecule has 16 heavy (non-hydrogen) atoms. The average molecular weight is 228 g/mol. The first kappa shape index (κ1) is 13.9. The summed E-state index contributed by atoms with van der Waals surface area (Å²) in [7, 11) is 2.02. The molecule has 1 saturated heterocycles. The number of nitrogens with one attached hydrogen (secondary N) is 1. The fraction of sp³-hybridized carbons (Fsp3) is 1.00. The van der Waals surface area contributed by atoms with Crippen LogP contribution >= 0.6 is 0 Å². The first-order valence-electron chi connectivity index (χ1n) is 6.85. The summed E-state index contributed by atoms with van der Waals surface area (Å²) in [6.45, 7) is 7.98. The molecule has 0 aromatic heterocycles. The maximum absolute atomic E-state index is 5.64. The predicted molar refractivity (Wildman–Crippen MR) is 68.9 cm³/mol. The van der Waals surface area contributed by atoms with Crippen molar-refractivity contribution in [2.24, 2.45) is 0 Å². The Morgan fingerprint density at radius 1 is 1.31 bits per heavy atom. The van der Waals surface area contributed by atoms with E-state index in [2.05, 4.69) is 17.1 Å². The molecule has 1 aliphatic heterocycles. The first-order valence-corrected chi connectivity index (χ1v) is 6.85. The van der Waals surface area contributed by atoms with Gasteiger partial charge in [-0.05, 0) is 52.2 Å². The maximum Gasteiger partial charge on any atom is 0.0576 e. The molecule has 0 amide bonds. The lowest BCUT2D eigenvalue weighted by Gasteiger charge is -2.22. The molecule has 0 spiro atoms. The fourth-order valence-corrected chi connectivity index (χ4v) is 2.34. The van der Waals surface area contributed by atoms with E-state index < -0.39 is 0 Å². The van der Waals surface area contributed by atoms with Crippen molar-refractivity contribution in [3.05, 3.63) is 0 Å². The van der Waals surface area contributed by atoms with Gasteiger partial charge in [0.25, 0.3) is 0 Å². The molecular weight excluding hydrogens is 200 g/mol. The number of hydrogen-bond acceptors (Lipinski definition) is 3. The van der Waals surface area contributed by atoms with Gasteiger partial charge in [-0.3, -0.25) is 0 Å². The third-order valence-electron chi connectivity index (χ3n) is 3.24. The van der Waals surface area contributed by atoms with Gasteiger partial charge in [0.15, 0.2) is 0 Å². The van der Waals surface area contributed by atoms with Crippen LogP contribution in [0.3, 0.4) is 0 Å². The predicted octanol–water partition coefficient (Wildman–Crippen LogP) is 1.88. The van der Waals surface area contributed by atoms with Crippen LogP contribution in [0.5, 0.6) is 0 Å². The second kappa shape index (κ2) is 8.97. The Bertz CT molecular complexity index is 158. The summed E-state index contributed by atoms with van der Waals surface area (Å²) < 4.78 is 5.64. The standard InChI is InChI=1S/C13H28N2O/c1-3-9-15(11-8-14-2)10-4-6-13-7-5-12-16-13/h13-14H,3-12H2,1-2H3. The summed E-state index contributed by atoms with van der Waals surface area (Å²) in [5, 5.41) is 3.22. The normalized spacial score (nSPS) is 20.8. The summed E-state index contributed by atoms with van der Waals surface area (Å²) in [5.74, 6) is 0. The Balaban J connectivity index is 2.05. The molecule has 1 rings (SSSR count). The van der Waals surface area contributed by atoms with E-state index in [1.165, 1.54) is 51.7 Å². The minimum absolute atomic E-state index is 0.563. The van der Waals surface area contributed by atoms with E-state index >= 15 is 0 Å². The highest BCUT2D eigenvalue weighted by atomic mass is 16.5. The van der Waals surface area contributed by atoms with Gasteiger partial charge in [-0.1, -0.05) is 6.92 Å². The van der Waals surface area contributed by atoms with Gasteiger partial charge in [0.2, 0.25) is 0 Å². The van der Waals surface area contributed by atoms with Gasteiger partial charge in [-0.15, -0.1) is 0 Å². The van der Waals surface area contributed by atoms with Crippen LogP contribution < -0.4 is 5.32 Å². The molecular formula is C13H28N2O. The Morgan fingerprint density at radius 3 is 2.81 bits per heavy atom. The van der Waals surface area contributed by atoms with Crippen LogP contribution in [-0.2, 0) is 4.74 Å². The van der Waals surface area contributed by atoms with Crippen molar-refractivity contribution in [1.29, 1.82) is 0 Å².